The Morgan fingerprint density at radius 3 is 1.33 bits per heavy atom. The van der Waals surface area contributed by atoms with Crippen LogP contribution >= 0.6 is 0 Å². The number of ether oxygens (including phenoxy) is 6. The Labute approximate surface area is 447 Å². The maximum Gasteiger partial charge on any atom is 0.220 e. The van der Waals surface area contributed by atoms with E-state index in [0.717, 1.165) is 51.4 Å². The van der Waals surface area contributed by atoms with E-state index in [1.54, 1.807) is 6.08 Å². The number of rotatable bonds is 41. The van der Waals surface area contributed by atoms with Crippen molar-refractivity contribution in [1.29, 1.82) is 0 Å². The molecule has 17 atom stereocenters. The largest absolute Gasteiger partial charge is 0.394 e. The molecule has 0 aliphatic carbocycles. The molecular weight excluding hydrogens is 975 g/mol. The average molecular weight is 1080 g/mol. The summed E-state index contributed by atoms with van der Waals surface area (Å²) in [6.07, 6.45) is 14.2. The summed E-state index contributed by atoms with van der Waals surface area (Å²) < 4.78 is 34.2. The number of hydrogen-bond donors (Lipinski definition) is 12. The molecular formula is C56H101NO18. The van der Waals surface area contributed by atoms with Crippen LogP contribution in [0, 0.1) is 0 Å². The molecule has 3 fully saturated rings. The molecule has 3 heterocycles. The Bertz CT molecular complexity index is 1520. The topological polar surface area (TPSA) is 307 Å². The van der Waals surface area contributed by atoms with Gasteiger partial charge in [0.05, 0.1) is 38.6 Å². The summed E-state index contributed by atoms with van der Waals surface area (Å²) in [6, 6.07) is -0.989. The lowest BCUT2D eigenvalue weighted by atomic mass is 9.96. The molecule has 17 unspecified atom stereocenters. The van der Waals surface area contributed by atoms with Gasteiger partial charge in [0.25, 0.3) is 0 Å². The van der Waals surface area contributed by atoms with Crippen molar-refractivity contribution in [2.24, 2.45) is 0 Å². The number of carbonyl (C=O) groups excluding carboxylic acids is 1. The van der Waals surface area contributed by atoms with Gasteiger partial charge >= 0.3 is 0 Å². The van der Waals surface area contributed by atoms with Crippen LogP contribution in [0.4, 0.5) is 0 Å². The molecule has 0 aromatic heterocycles. The highest BCUT2D eigenvalue weighted by atomic mass is 16.8. The molecule has 3 rings (SSSR count). The van der Waals surface area contributed by atoms with E-state index in [1.807, 2.05) is 6.08 Å². The molecule has 3 saturated heterocycles. The van der Waals surface area contributed by atoms with Crippen LogP contribution in [-0.2, 0) is 33.2 Å². The summed E-state index contributed by atoms with van der Waals surface area (Å²) in [6.45, 7) is 1.66. The second kappa shape index (κ2) is 40.2. The first-order valence-corrected chi connectivity index (χ1v) is 28.7. The lowest BCUT2D eigenvalue weighted by Gasteiger charge is -2.48. The molecule has 438 valence electrons. The maximum atomic E-state index is 13.3. The summed E-state index contributed by atoms with van der Waals surface area (Å²) in [4.78, 5) is 13.3. The zero-order valence-electron chi connectivity index (χ0n) is 45.3. The highest BCUT2D eigenvalue weighted by Gasteiger charge is 2.53. The Hall–Kier alpha value is -1.99. The monoisotopic (exact) mass is 1080 g/mol. The van der Waals surface area contributed by atoms with Crippen molar-refractivity contribution in [3.05, 3.63) is 36.5 Å². The fourth-order valence-corrected chi connectivity index (χ4v) is 9.61. The highest BCUT2D eigenvalue weighted by molar-refractivity contribution is 5.76. The Balaban J connectivity index is 1.53. The van der Waals surface area contributed by atoms with E-state index in [4.69, 9.17) is 28.4 Å². The van der Waals surface area contributed by atoms with Crippen LogP contribution in [0.2, 0.25) is 0 Å². The van der Waals surface area contributed by atoms with Crippen LogP contribution in [0.25, 0.3) is 0 Å². The third-order valence-corrected chi connectivity index (χ3v) is 14.4. The number of nitrogens with one attached hydrogen (secondary N) is 1. The van der Waals surface area contributed by atoms with Crippen LogP contribution in [-0.4, -0.2) is 193 Å². The molecule has 12 N–H and O–H groups in total. The Kier molecular flexibility index (Phi) is 36.1. The maximum absolute atomic E-state index is 13.3. The zero-order chi connectivity index (χ0) is 54.8. The third-order valence-electron chi connectivity index (χ3n) is 14.4. The van der Waals surface area contributed by atoms with Crippen molar-refractivity contribution < 1.29 is 89.4 Å². The van der Waals surface area contributed by atoms with E-state index in [-0.39, 0.29) is 18.9 Å². The molecule has 0 aromatic rings. The van der Waals surface area contributed by atoms with Crippen LogP contribution in [0.15, 0.2) is 36.5 Å². The van der Waals surface area contributed by atoms with Gasteiger partial charge in [-0.1, -0.05) is 153 Å². The molecule has 1 amide bonds. The predicted molar refractivity (Wildman–Crippen MR) is 282 cm³/mol. The molecule has 0 radical (unpaired) electrons. The second-order valence-corrected chi connectivity index (χ2v) is 20.7. The normalized spacial score (nSPS) is 31.5. The minimum Gasteiger partial charge on any atom is -0.394 e. The van der Waals surface area contributed by atoms with E-state index in [9.17, 15) is 61.0 Å². The summed E-state index contributed by atoms with van der Waals surface area (Å²) in [5.74, 6) is -0.292. The number of hydrogen-bond acceptors (Lipinski definition) is 18. The summed E-state index contributed by atoms with van der Waals surface area (Å²) in [5, 5.41) is 120. The Morgan fingerprint density at radius 1 is 0.467 bits per heavy atom. The first kappa shape index (κ1) is 67.3. The van der Waals surface area contributed by atoms with Gasteiger partial charge in [0, 0.05) is 6.42 Å². The van der Waals surface area contributed by atoms with Crippen molar-refractivity contribution in [2.75, 3.05) is 26.4 Å². The van der Waals surface area contributed by atoms with Gasteiger partial charge in [-0.25, -0.2) is 0 Å². The molecule has 19 heteroatoms. The number of amides is 1. The summed E-state index contributed by atoms with van der Waals surface area (Å²) >= 11 is 0. The van der Waals surface area contributed by atoms with Gasteiger partial charge in [0.2, 0.25) is 5.91 Å². The van der Waals surface area contributed by atoms with E-state index >= 15 is 0 Å². The highest BCUT2D eigenvalue weighted by Crippen LogP contribution is 2.33. The third kappa shape index (κ3) is 24.9. The lowest BCUT2D eigenvalue weighted by molar-refractivity contribution is -0.379. The number of aliphatic hydroxyl groups is 11. The van der Waals surface area contributed by atoms with Gasteiger partial charge in [-0.3, -0.25) is 4.79 Å². The second-order valence-electron chi connectivity index (χ2n) is 20.7. The van der Waals surface area contributed by atoms with Crippen molar-refractivity contribution >= 4 is 5.91 Å². The number of aliphatic hydroxyl groups excluding tert-OH is 11. The number of unbranched alkanes of at least 4 members (excludes halogenated alkanes) is 21. The SMILES string of the molecule is CCCCCCCC/C=C\CCCCCCCCCC(=O)NC(COC1OC(CO)C(OC2OC(CO)C(OC3OC(CO)C(O)C(O)C3O)C(O)C2O)C(O)C1O)C(O)/C=C/CC/C=C/CCCCCCCCC. The fraction of sp³-hybridized carbons (Fsp3) is 0.875. The van der Waals surface area contributed by atoms with E-state index in [1.165, 1.54) is 96.3 Å². The molecule has 19 nitrogen and oxygen atoms in total. The quantitative estimate of drug-likeness (QED) is 0.0302. The van der Waals surface area contributed by atoms with Crippen molar-refractivity contribution in [3.8, 4) is 0 Å². The fourth-order valence-electron chi connectivity index (χ4n) is 9.61. The first-order valence-electron chi connectivity index (χ1n) is 28.7. The van der Waals surface area contributed by atoms with E-state index in [2.05, 4.69) is 43.5 Å². The number of carbonyl (C=O) groups is 1. The van der Waals surface area contributed by atoms with Crippen LogP contribution in [0.1, 0.15) is 181 Å². The predicted octanol–water partition coefficient (Wildman–Crippen LogP) is 4.15. The summed E-state index contributed by atoms with van der Waals surface area (Å²) in [5.41, 5.74) is 0. The van der Waals surface area contributed by atoms with Crippen LogP contribution in [0.5, 0.6) is 0 Å². The van der Waals surface area contributed by atoms with E-state index < -0.39 is 124 Å². The van der Waals surface area contributed by atoms with Crippen molar-refractivity contribution in [3.63, 3.8) is 0 Å². The van der Waals surface area contributed by atoms with Gasteiger partial charge in [0.15, 0.2) is 18.9 Å². The van der Waals surface area contributed by atoms with E-state index in [0.29, 0.717) is 12.8 Å². The average Bonchev–Trinajstić information content (AvgIpc) is 3.41. The van der Waals surface area contributed by atoms with Gasteiger partial charge in [-0.2, -0.15) is 0 Å². The smallest absolute Gasteiger partial charge is 0.220 e. The molecule has 3 aliphatic rings. The first-order chi connectivity index (χ1) is 36.3. The van der Waals surface area contributed by atoms with Gasteiger partial charge in [-0.15, -0.1) is 0 Å². The summed E-state index contributed by atoms with van der Waals surface area (Å²) in [7, 11) is 0. The van der Waals surface area contributed by atoms with Crippen molar-refractivity contribution in [2.45, 2.75) is 285 Å². The standard InChI is InChI=1S/C56H101NO18/c1-3-5-7-9-11-13-15-17-18-19-20-22-24-26-28-30-32-34-44(62)57-39(40(61)33-31-29-27-25-23-21-16-14-12-10-8-6-4-2)38-70-54-50(68)47(65)52(42(36-59)72-54)75-56-51(69)48(66)53(43(37-60)73-56)74-55-49(67)46(64)45(63)41(35-58)71-55/h17-18,23,25,31,33,39-43,45-56,58-61,63-69H,3-16,19-22,24,26-30,32,34-38H2,1-2H3,(H,57,62)/b18-17-,25-23+,33-31+. The van der Waals surface area contributed by atoms with Crippen LogP contribution in [0.3, 0.4) is 0 Å². The minimum absolute atomic E-state index is 0.230. The molecule has 0 spiro atoms. The van der Waals surface area contributed by atoms with Crippen LogP contribution < -0.4 is 5.32 Å². The lowest BCUT2D eigenvalue weighted by Crippen LogP contribution is -2.66. The number of allylic oxidation sites excluding steroid dienone is 5. The molecule has 0 aromatic carbocycles. The van der Waals surface area contributed by atoms with Gasteiger partial charge < -0.3 is 89.9 Å². The molecule has 0 saturated carbocycles. The molecule has 3 aliphatic heterocycles. The van der Waals surface area contributed by atoms with Gasteiger partial charge in [0.1, 0.15) is 73.2 Å². The Morgan fingerprint density at radius 2 is 0.853 bits per heavy atom. The zero-order valence-corrected chi connectivity index (χ0v) is 45.3. The van der Waals surface area contributed by atoms with Crippen molar-refractivity contribution in [1.82, 2.24) is 5.32 Å². The molecule has 0 bridgehead atoms. The van der Waals surface area contributed by atoms with Gasteiger partial charge in [-0.05, 0) is 57.8 Å². The molecule has 75 heavy (non-hydrogen) atoms. The minimum atomic E-state index is -1.98.